The molecule has 0 aliphatic heterocycles. The van der Waals surface area contributed by atoms with Gasteiger partial charge in [-0.15, -0.1) is 0 Å². The molecular weight excluding hydrogens is 677 g/mol. The lowest BCUT2D eigenvalue weighted by Gasteiger charge is -2.13. The molecular formula is C54H36N2. The van der Waals surface area contributed by atoms with E-state index in [0.29, 0.717) is 5.82 Å². The van der Waals surface area contributed by atoms with Gasteiger partial charge in [-0.25, -0.2) is 9.97 Å². The zero-order valence-electron chi connectivity index (χ0n) is 30.7. The van der Waals surface area contributed by atoms with E-state index in [9.17, 15) is 0 Å². The van der Waals surface area contributed by atoms with Gasteiger partial charge in [0.25, 0.3) is 0 Å². The predicted octanol–water partition coefficient (Wildman–Crippen LogP) is 14.5. The normalized spacial score (nSPS) is 11.2. The number of rotatable bonds is 7. The smallest absolute Gasteiger partial charge is 0.160 e. The topological polar surface area (TPSA) is 25.8 Å². The summed E-state index contributed by atoms with van der Waals surface area (Å²) in [5, 5.41) is 3.40. The van der Waals surface area contributed by atoms with Crippen LogP contribution in [0.3, 0.4) is 0 Å². The fourth-order valence-electron chi connectivity index (χ4n) is 7.77. The first-order valence-electron chi connectivity index (χ1n) is 19.1. The van der Waals surface area contributed by atoms with E-state index < -0.39 is 0 Å². The van der Waals surface area contributed by atoms with Gasteiger partial charge in [-0.1, -0.05) is 194 Å². The molecule has 1 heterocycles. The number of benzene rings is 9. The molecule has 0 fully saturated rings. The molecule has 0 aliphatic carbocycles. The first-order chi connectivity index (χ1) is 27.7. The van der Waals surface area contributed by atoms with Crippen molar-refractivity contribution in [2.75, 3.05) is 0 Å². The van der Waals surface area contributed by atoms with E-state index >= 15 is 0 Å². The minimum Gasteiger partial charge on any atom is -0.228 e. The first-order valence-corrected chi connectivity index (χ1v) is 19.1. The average molecular weight is 713 g/mol. The van der Waals surface area contributed by atoms with E-state index in [1.54, 1.807) is 0 Å². The molecule has 0 bridgehead atoms. The van der Waals surface area contributed by atoms with Crippen LogP contribution in [0.15, 0.2) is 218 Å². The maximum Gasteiger partial charge on any atom is 0.160 e. The number of aromatic nitrogens is 2. The molecule has 2 heteroatoms. The Bertz CT molecular complexity index is 2990. The van der Waals surface area contributed by atoms with Gasteiger partial charge >= 0.3 is 0 Å². The lowest BCUT2D eigenvalue weighted by molar-refractivity contribution is 1.23. The third-order valence-corrected chi connectivity index (χ3v) is 10.7. The van der Waals surface area contributed by atoms with Crippen LogP contribution in [0.4, 0.5) is 0 Å². The highest BCUT2D eigenvalue weighted by Crippen LogP contribution is 2.37. The molecule has 1 aromatic heterocycles. The molecule has 0 radical (unpaired) electrons. The second kappa shape index (κ2) is 14.4. The molecule has 10 aromatic rings. The van der Waals surface area contributed by atoms with E-state index in [2.05, 4.69) is 218 Å². The van der Waals surface area contributed by atoms with Gasteiger partial charge in [-0.3, -0.25) is 0 Å². The van der Waals surface area contributed by atoms with Crippen LogP contribution in [-0.2, 0) is 0 Å². The molecule has 9 aromatic carbocycles. The Hall–Kier alpha value is -7.42. The van der Waals surface area contributed by atoms with Crippen molar-refractivity contribution < 1.29 is 0 Å². The van der Waals surface area contributed by atoms with Crippen molar-refractivity contribution >= 4 is 21.7 Å². The second-order valence-electron chi connectivity index (χ2n) is 14.2. The quantitative estimate of drug-likeness (QED) is 0.154. The van der Waals surface area contributed by atoms with Gasteiger partial charge in [-0.2, -0.15) is 0 Å². The van der Waals surface area contributed by atoms with Crippen LogP contribution in [-0.4, -0.2) is 9.97 Å². The summed E-state index contributed by atoms with van der Waals surface area (Å²) in [6, 6.07) is 77.6. The predicted molar refractivity (Wildman–Crippen MR) is 235 cm³/mol. The van der Waals surface area contributed by atoms with Crippen molar-refractivity contribution in [3.63, 3.8) is 0 Å². The van der Waals surface area contributed by atoms with Gasteiger partial charge in [0.15, 0.2) is 5.82 Å². The Labute approximate surface area is 327 Å². The molecule has 0 unspecified atom stereocenters. The summed E-state index contributed by atoms with van der Waals surface area (Å²) in [7, 11) is 0. The molecule has 262 valence electrons. The highest BCUT2D eigenvalue weighted by Gasteiger charge is 2.15. The average Bonchev–Trinajstić information content (AvgIpc) is 3.29. The van der Waals surface area contributed by atoms with Gasteiger partial charge in [0.2, 0.25) is 0 Å². The van der Waals surface area contributed by atoms with Gasteiger partial charge in [-0.05, 0) is 90.7 Å². The third-order valence-electron chi connectivity index (χ3n) is 10.7. The number of hydrogen-bond acceptors (Lipinski definition) is 2. The lowest BCUT2D eigenvalue weighted by atomic mass is 9.94. The lowest BCUT2D eigenvalue weighted by Crippen LogP contribution is -1.96. The molecule has 2 nitrogen and oxygen atoms in total. The second-order valence-corrected chi connectivity index (χ2v) is 14.2. The number of fused-ring (bicyclic) bond motifs is 3. The van der Waals surface area contributed by atoms with Crippen LogP contribution >= 0.6 is 0 Å². The molecule has 0 saturated carbocycles. The van der Waals surface area contributed by atoms with Gasteiger partial charge in [0.05, 0.1) is 11.2 Å². The van der Waals surface area contributed by atoms with E-state index in [1.807, 2.05) is 0 Å². The summed E-state index contributed by atoms with van der Waals surface area (Å²) < 4.78 is 0. The third kappa shape index (κ3) is 6.44. The summed E-state index contributed by atoms with van der Waals surface area (Å²) in [6.45, 7) is 0. The Kier molecular flexibility index (Phi) is 8.55. The Morgan fingerprint density at radius 1 is 0.250 bits per heavy atom. The van der Waals surface area contributed by atoms with Gasteiger partial charge < -0.3 is 0 Å². The van der Waals surface area contributed by atoms with Crippen molar-refractivity contribution in [2.24, 2.45) is 0 Å². The number of nitrogens with zero attached hydrogens (tertiary/aromatic N) is 2. The highest BCUT2D eigenvalue weighted by molar-refractivity contribution is 6.12. The Morgan fingerprint density at radius 2 is 0.643 bits per heavy atom. The Balaban J connectivity index is 0.981. The van der Waals surface area contributed by atoms with Crippen LogP contribution < -0.4 is 0 Å². The number of hydrogen-bond donors (Lipinski definition) is 0. The summed E-state index contributed by atoms with van der Waals surface area (Å²) in [5.41, 5.74) is 15.8. The maximum absolute atomic E-state index is 5.29. The SMILES string of the molecule is c1ccc(-c2ccc(-c3nc(-c4ccc(-c5cccc(-c6cccc(-c7cccc(-c8ccccc8)c7)c6)c5)cc4)nc4ccc5ccccc5c34)cc2)cc1. The Morgan fingerprint density at radius 3 is 1.20 bits per heavy atom. The van der Waals surface area contributed by atoms with Crippen molar-refractivity contribution in [1.29, 1.82) is 0 Å². The summed E-state index contributed by atoms with van der Waals surface area (Å²) in [6.07, 6.45) is 0. The molecule has 56 heavy (non-hydrogen) atoms. The minimum atomic E-state index is 0.711. The van der Waals surface area contributed by atoms with E-state index in [-0.39, 0.29) is 0 Å². The molecule has 0 spiro atoms. The van der Waals surface area contributed by atoms with E-state index in [0.717, 1.165) is 44.2 Å². The summed E-state index contributed by atoms with van der Waals surface area (Å²) in [4.78, 5) is 10.4. The zero-order chi connectivity index (χ0) is 37.3. The summed E-state index contributed by atoms with van der Waals surface area (Å²) in [5.74, 6) is 0.711. The fraction of sp³-hybridized carbons (Fsp3) is 0. The van der Waals surface area contributed by atoms with Crippen molar-refractivity contribution in [3.8, 4) is 78.3 Å². The minimum absolute atomic E-state index is 0.711. The first kappa shape index (κ1) is 33.2. The molecule has 0 aliphatic rings. The van der Waals surface area contributed by atoms with Crippen LogP contribution in [0.2, 0.25) is 0 Å². The molecule has 0 saturated heterocycles. The maximum atomic E-state index is 5.29. The molecule has 0 atom stereocenters. The monoisotopic (exact) mass is 712 g/mol. The van der Waals surface area contributed by atoms with Crippen LogP contribution in [0.5, 0.6) is 0 Å². The summed E-state index contributed by atoms with van der Waals surface area (Å²) >= 11 is 0. The van der Waals surface area contributed by atoms with Gasteiger partial charge in [0.1, 0.15) is 0 Å². The van der Waals surface area contributed by atoms with Crippen molar-refractivity contribution in [3.05, 3.63) is 218 Å². The standard InChI is InChI=1S/C54H36N2/c1-3-12-37(13-4-1)39-24-28-42(29-25-39)53-52-50-23-8-7-16-41(50)32-33-51(52)55-54(56-53)43-30-26-40(27-31-43)45-18-10-20-47(35-45)49-22-11-21-48(36-49)46-19-9-17-44(34-46)38-14-5-2-6-15-38/h1-36H. The van der Waals surface area contributed by atoms with Crippen LogP contribution in [0, 0.1) is 0 Å². The van der Waals surface area contributed by atoms with Gasteiger partial charge in [0, 0.05) is 16.5 Å². The molecule has 10 rings (SSSR count). The van der Waals surface area contributed by atoms with E-state index in [1.165, 1.54) is 49.9 Å². The van der Waals surface area contributed by atoms with Crippen molar-refractivity contribution in [1.82, 2.24) is 9.97 Å². The largest absolute Gasteiger partial charge is 0.228 e. The molecule has 0 amide bonds. The fourth-order valence-corrected chi connectivity index (χ4v) is 7.77. The van der Waals surface area contributed by atoms with Crippen LogP contribution in [0.25, 0.3) is 100.0 Å². The zero-order valence-corrected chi connectivity index (χ0v) is 30.7. The van der Waals surface area contributed by atoms with Crippen molar-refractivity contribution in [2.45, 2.75) is 0 Å². The van der Waals surface area contributed by atoms with Crippen LogP contribution in [0.1, 0.15) is 0 Å². The van der Waals surface area contributed by atoms with E-state index in [4.69, 9.17) is 9.97 Å². The highest BCUT2D eigenvalue weighted by atomic mass is 14.9. The molecule has 0 N–H and O–H groups in total.